The van der Waals surface area contributed by atoms with Gasteiger partial charge in [0, 0.05) is 11.1 Å². The van der Waals surface area contributed by atoms with Crippen LogP contribution in [0.5, 0.6) is 0 Å². The highest BCUT2D eigenvalue weighted by Gasteiger charge is 2.15. The molecule has 22 heavy (non-hydrogen) atoms. The van der Waals surface area contributed by atoms with Gasteiger partial charge in [0.05, 0.1) is 0 Å². The lowest BCUT2D eigenvalue weighted by atomic mass is 9.95. The van der Waals surface area contributed by atoms with Gasteiger partial charge in [0.25, 0.3) is 0 Å². The molecule has 0 aliphatic rings. The van der Waals surface area contributed by atoms with Gasteiger partial charge in [-0.05, 0) is 35.1 Å². The molecule has 2 aromatic carbocycles. The lowest BCUT2D eigenvalue weighted by Crippen LogP contribution is -2.05. The number of carbonyl (C=O) groups is 1. The van der Waals surface area contributed by atoms with Gasteiger partial charge < -0.3 is 0 Å². The summed E-state index contributed by atoms with van der Waals surface area (Å²) in [5.41, 5.74) is 1.60. The smallest absolute Gasteiger partial charge is 0.193 e. The molecular formula is C19H20F2O. The van der Waals surface area contributed by atoms with Crippen LogP contribution in [-0.2, 0) is 0 Å². The Kier molecular flexibility index (Phi) is 4.74. The Hall–Kier alpha value is -2.03. The van der Waals surface area contributed by atoms with Gasteiger partial charge in [-0.3, -0.25) is 4.79 Å². The SMILES string of the molecule is CC(C)c1ccc(C(=O)c2ccc(C(C)C)c(F)c2)cc1F. The summed E-state index contributed by atoms with van der Waals surface area (Å²) in [6.45, 7) is 7.56. The summed E-state index contributed by atoms with van der Waals surface area (Å²) in [6, 6.07) is 8.88. The van der Waals surface area contributed by atoms with Gasteiger partial charge in [-0.2, -0.15) is 0 Å². The topological polar surface area (TPSA) is 17.1 Å². The maximum Gasteiger partial charge on any atom is 0.193 e. The second-order valence-electron chi connectivity index (χ2n) is 6.11. The fourth-order valence-electron chi connectivity index (χ4n) is 2.44. The number of ketones is 1. The monoisotopic (exact) mass is 302 g/mol. The van der Waals surface area contributed by atoms with Crippen molar-refractivity contribution in [3.8, 4) is 0 Å². The molecule has 0 aliphatic carbocycles. The first-order valence-corrected chi connectivity index (χ1v) is 7.44. The second-order valence-corrected chi connectivity index (χ2v) is 6.11. The first kappa shape index (κ1) is 16.3. The van der Waals surface area contributed by atoms with Crippen LogP contribution in [0.3, 0.4) is 0 Å². The van der Waals surface area contributed by atoms with E-state index in [-0.39, 0.29) is 28.7 Å². The standard InChI is InChI=1S/C19H20F2O/c1-11(2)15-7-5-13(9-17(15)20)19(22)14-6-8-16(12(3)4)18(21)10-14/h5-12H,1-4H3. The third-order valence-electron chi connectivity index (χ3n) is 3.77. The van der Waals surface area contributed by atoms with E-state index in [1.165, 1.54) is 12.1 Å². The van der Waals surface area contributed by atoms with E-state index >= 15 is 0 Å². The van der Waals surface area contributed by atoms with Crippen molar-refractivity contribution >= 4 is 5.78 Å². The quantitative estimate of drug-likeness (QED) is 0.687. The highest BCUT2D eigenvalue weighted by Crippen LogP contribution is 2.23. The summed E-state index contributed by atoms with van der Waals surface area (Å²) >= 11 is 0. The molecule has 1 nitrogen and oxygen atoms in total. The molecule has 0 aromatic heterocycles. The largest absolute Gasteiger partial charge is 0.289 e. The summed E-state index contributed by atoms with van der Waals surface area (Å²) in [5.74, 6) is -1.08. The minimum atomic E-state index is -0.403. The van der Waals surface area contributed by atoms with Gasteiger partial charge >= 0.3 is 0 Å². The van der Waals surface area contributed by atoms with Crippen molar-refractivity contribution in [2.75, 3.05) is 0 Å². The van der Waals surface area contributed by atoms with Crippen molar-refractivity contribution in [3.63, 3.8) is 0 Å². The van der Waals surface area contributed by atoms with E-state index < -0.39 is 11.6 Å². The zero-order chi connectivity index (χ0) is 16.4. The Morgan fingerprint density at radius 3 is 1.41 bits per heavy atom. The summed E-state index contributed by atoms with van der Waals surface area (Å²) in [7, 11) is 0. The fraction of sp³-hybridized carbons (Fsp3) is 0.316. The van der Waals surface area contributed by atoms with E-state index in [2.05, 4.69) is 0 Å². The number of carbonyl (C=O) groups excluding carboxylic acids is 1. The van der Waals surface area contributed by atoms with Gasteiger partial charge in [-0.15, -0.1) is 0 Å². The van der Waals surface area contributed by atoms with Crippen LogP contribution in [0.4, 0.5) is 8.78 Å². The normalized spacial score (nSPS) is 11.3. The molecule has 0 heterocycles. The zero-order valence-corrected chi connectivity index (χ0v) is 13.3. The van der Waals surface area contributed by atoms with Crippen molar-refractivity contribution in [2.24, 2.45) is 0 Å². The van der Waals surface area contributed by atoms with E-state index in [1.54, 1.807) is 24.3 Å². The minimum Gasteiger partial charge on any atom is -0.289 e. The van der Waals surface area contributed by atoms with E-state index in [4.69, 9.17) is 0 Å². The Morgan fingerprint density at radius 1 is 0.773 bits per heavy atom. The van der Waals surface area contributed by atoms with Crippen LogP contribution in [0, 0.1) is 11.6 Å². The molecule has 0 spiro atoms. The molecule has 3 heteroatoms. The van der Waals surface area contributed by atoms with Crippen LogP contribution >= 0.6 is 0 Å². The van der Waals surface area contributed by atoms with E-state index in [1.807, 2.05) is 27.7 Å². The van der Waals surface area contributed by atoms with Crippen LogP contribution in [0.25, 0.3) is 0 Å². The van der Waals surface area contributed by atoms with Crippen LogP contribution in [-0.4, -0.2) is 5.78 Å². The number of rotatable bonds is 4. The average molecular weight is 302 g/mol. The first-order chi connectivity index (χ1) is 10.3. The Bertz CT molecular complexity index is 643. The lowest BCUT2D eigenvalue weighted by molar-refractivity contribution is 0.103. The molecular weight excluding hydrogens is 282 g/mol. The predicted octanol–water partition coefficient (Wildman–Crippen LogP) is 5.44. The summed E-state index contributed by atoms with van der Waals surface area (Å²) < 4.78 is 28.0. The zero-order valence-electron chi connectivity index (χ0n) is 13.3. The number of hydrogen-bond acceptors (Lipinski definition) is 1. The molecule has 0 bridgehead atoms. The van der Waals surface area contributed by atoms with Gasteiger partial charge in [0.2, 0.25) is 0 Å². The summed E-state index contributed by atoms with van der Waals surface area (Å²) in [4.78, 5) is 12.4. The van der Waals surface area contributed by atoms with Crippen LogP contribution < -0.4 is 0 Å². The fourth-order valence-corrected chi connectivity index (χ4v) is 2.44. The van der Waals surface area contributed by atoms with Crippen molar-refractivity contribution in [1.82, 2.24) is 0 Å². The number of benzene rings is 2. The average Bonchev–Trinajstić information content (AvgIpc) is 2.45. The van der Waals surface area contributed by atoms with Crippen molar-refractivity contribution in [3.05, 3.63) is 70.3 Å². The van der Waals surface area contributed by atoms with Gasteiger partial charge in [0.1, 0.15) is 11.6 Å². The third kappa shape index (κ3) is 3.24. The summed E-state index contributed by atoms with van der Waals surface area (Å²) in [6.07, 6.45) is 0. The van der Waals surface area contributed by atoms with E-state index in [0.717, 1.165) is 0 Å². The molecule has 2 aromatic rings. The first-order valence-electron chi connectivity index (χ1n) is 7.44. The molecule has 0 saturated heterocycles. The second kappa shape index (κ2) is 6.39. The minimum absolute atomic E-state index is 0.0481. The van der Waals surface area contributed by atoms with Crippen LogP contribution in [0.1, 0.15) is 66.6 Å². The van der Waals surface area contributed by atoms with Gasteiger partial charge in [0.15, 0.2) is 5.78 Å². The molecule has 0 fully saturated rings. The molecule has 0 aliphatic heterocycles. The molecule has 116 valence electrons. The molecule has 0 atom stereocenters. The van der Waals surface area contributed by atoms with Crippen molar-refractivity contribution < 1.29 is 13.6 Å². The molecule has 0 saturated carbocycles. The van der Waals surface area contributed by atoms with Gasteiger partial charge in [-0.1, -0.05) is 52.0 Å². The lowest BCUT2D eigenvalue weighted by Gasteiger charge is -2.10. The van der Waals surface area contributed by atoms with Crippen molar-refractivity contribution in [1.29, 1.82) is 0 Å². The molecule has 0 amide bonds. The molecule has 2 rings (SSSR count). The van der Waals surface area contributed by atoms with Gasteiger partial charge in [-0.25, -0.2) is 8.78 Å². The molecule has 0 N–H and O–H groups in total. The van der Waals surface area contributed by atoms with Crippen molar-refractivity contribution in [2.45, 2.75) is 39.5 Å². The number of halogens is 2. The maximum absolute atomic E-state index is 14.0. The number of hydrogen-bond donors (Lipinski definition) is 0. The predicted molar refractivity (Wildman–Crippen MR) is 84.4 cm³/mol. The Labute approximate surface area is 130 Å². The highest BCUT2D eigenvalue weighted by atomic mass is 19.1. The third-order valence-corrected chi connectivity index (χ3v) is 3.77. The van der Waals surface area contributed by atoms with Crippen LogP contribution in [0.15, 0.2) is 36.4 Å². The Balaban J connectivity index is 2.36. The highest BCUT2D eigenvalue weighted by molar-refractivity contribution is 6.09. The van der Waals surface area contributed by atoms with Crippen LogP contribution in [0.2, 0.25) is 0 Å². The maximum atomic E-state index is 14.0. The van der Waals surface area contributed by atoms with E-state index in [9.17, 15) is 13.6 Å². The molecule has 0 radical (unpaired) electrons. The Morgan fingerprint density at radius 2 is 1.14 bits per heavy atom. The summed E-state index contributed by atoms with van der Waals surface area (Å²) in [5, 5.41) is 0. The van der Waals surface area contributed by atoms with E-state index in [0.29, 0.717) is 11.1 Å². The molecule has 0 unspecified atom stereocenters.